The van der Waals surface area contributed by atoms with Gasteiger partial charge in [-0.2, -0.15) is 5.10 Å². The van der Waals surface area contributed by atoms with Crippen LogP contribution >= 0.6 is 0 Å². The van der Waals surface area contributed by atoms with Gasteiger partial charge in [-0.1, -0.05) is 0 Å². The fourth-order valence-electron chi connectivity index (χ4n) is 5.66. The molecule has 0 unspecified atom stereocenters. The highest BCUT2D eigenvalue weighted by Crippen LogP contribution is 2.34. The zero-order valence-electron chi connectivity index (χ0n) is 21.7. The number of rotatable bonds is 5. The molecule has 0 spiro atoms. The van der Waals surface area contributed by atoms with E-state index < -0.39 is 5.92 Å². The molecule has 39 heavy (non-hydrogen) atoms. The molecule has 0 bridgehead atoms. The van der Waals surface area contributed by atoms with Gasteiger partial charge < -0.3 is 14.8 Å². The molecule has 5 aromatic heterocycles. The van der Waals surface area contributed by atoms with Crippen molar-refractivity contribution in [2.75, 3.05) is 51.2 Å². The lowest BCUT2D eigenvalue weighted by atomic mass is 10.1. The van der Waals surface area contributed by atoms with Crippen LogP contribution in [0.25, 0.3) is 44.5 Å². The molecule has 2 fully saturated rings. The summed E-state index contributed by atoms with van der Waals surface area (Å²) < 4.78 is 27.3. The Morgan fingerprint density at radius 3 is 2.54 bits per heavy atom. The molecule has 0 atom stereocenters. The number of nitrogens with zero attached hydrogens (tertiary/aromatic N) is 7. The summed E-state index contributed by atoms with van der Waals surface area (Å²) in [5, 5.41) is 9.65. The molecular weight excluding hydrogens is 500 g/mol. The molecule has 9 nitrogen and oxygen atoms in total. The van der Waals surface area contributed by atoms with Gasteiger partial charge in [0, 0.05) is 86.2 Å². The van der Waals surface area contributed by atoms with Gasteiger partial charge in [-0.15, -0.1) is 0 Å². The molecule has 0 aliphatic carbocycles. The van der Waals surface area contributed by atoms with Crippen LogP contribution in [0.3, 0.4) is 0 Å². The number of piperazine rings is 1. The average molecular weight is 530 g/mol. The zero-order valence-corrected chi connectivity index (χ0v) is 21.7. The summed E-state index contributed by atoms with van der Waals surface area (Å²) in [6, 6.07) is 6.20. The third-order valence-corrected chi connectivity index (χ3v) is 7.82. The van der Waals surface area contributed by atoms with Gasteiger partial charge in [-0.3, -0.25) is 20.0 Å². The van der Waals surface area contributed by atoms with Crippen LogP contribution in [-0.4, -0.2) is 92.2 Å². The molecule has 7 heterocycles. The number of likely N-dealkylation sites (tertiary alicyclic amines) is 1. The monoisotopic (exact) mass is 529 g/mol. The van der Waals surface area contributed by atoms with E-state index in [1.54, 1.807) is 23.5 Å². The first-order valence-corrected chi connectivity index (χ1v) is 13.2. The van der Waals surface area contributed by atoms with Crippen LogP contribution in [0, 0.1) is 0 Å². The zero-order chi connectivity index (χ0) is 26.6. The average Bonchev–Trinajstić information content (AvgIpc) is 3.64. The Labute approximate surface area is 223 Å². The van der Waals surface area contributed by atoms with Crippen molar-refractivity contribution >= 4 is 27.6 Å². The number of H-pyrrole nitrogens is 2. The first-order chi connectivity index (χ1) is 18.9. The van der Waals surface area contributed by atoms with Crippen LogP contribution in [0.15, 0.2) is 49.2 Å². The summed E-state index contributed by atoms with van der Waals surface area (Å²) in [5.41, 5.74) is 7.13. The number of aromatic amines is 2. The fraction of sp³-hybridized carbons (Fsp3) is 0.357. The Hall–Kier alpha value is -3.96. The number of fused-ring (bicyclic) bond motifs is 2. The Balaban J connectivity index is 1.21. The minimum Gasteiger partial charge on any atom is -0.367 e. The Bertz CT molecular complexity index is 1650. The quantitative estimate of drug-likeness (QED) is 0.353. The van der Waals surface area contributed by atoms with Gasteiger partial charge in [-0.25, -0.2) is 13.8 Å². The van der Waals surface area contributed by atoms with Crippen molar-refractivity contribution in [3.63, 3.8) is 0 Å². The lowest BCUT2D eigenvalue weighted by Gasteiger charge is -2.34. The van der Waals surface area contributed by atoms with Gasteiger partial charge in [0.05, 0.1) is 35.8 Å². The van der Waals surface area contributed by atoms with Gasteiger partial charge in [0.25, 0.3) is 5.92 Å². The second kappa shape index (κ2) is 9.35. The second-order valence-electron chi connectivity index (χ2n) is 10.7. The maximum atomic E-state index is 13.7. The van der Waals surface area contributed by atoms with E-state index in [9.17, 15) is 8.78 Å². The maximum absolute atomic E-state index is 13.7. The number of alkyl halides is 2. The Kier molecular flexibility index (Phi) is 5.78. The highest BCUT2D eigenvalue weighted by Gasteiger charge is 2.37. The summed E-state index contributed by atoms with van der Waals surface area (Å²) in [6.45, 7) is 4.59. The fourth-order valence-corrected chi connectivity index (χ4v) is 5.66. The van der Waals surface area contributed by atoms with E-state index in [2.05, 4.69) is 59.1 Å². The molecule has 0 saturated carbocycles. The van der Waals surface area contributed by atoms with Crippen molar-refractivity contribution < 1.29 is 8.78 Å². The third-order valence-electron chi connectivity index (χ3n) is 7.82. The normalized spacial score (nSPS) is 18.5. The molecule has 11 heteroatoms. The summed E-state index contributed by atoms with van der Waals surface area (Å²) in [6.07, 6.45) is 9.01. The third kappa shape index (κ3) is 4.61. The highest BCUT2D eigenvalue weighted by atomic mass is 19.3. The first-order valence-electron chi connectivity index (χ1n) is 13.2. The molecule has 7 rings (SSSR count). The minimum absolute atomic E-state index is 0.0926. The number of pyridine rings is 3. The predicted molar refractivity (Wildman–Crippen MR) is 147 cm³/mol. The van der Waals surface area contributed by atoms with Crippen molar-refractivity contribution in [2.45, 2.75) is 18.9 Å². The summed E-state index contributed by atoms with van der Waals surface area (Å²) in [4.78, 5) is 23.5. The van der Waals surface area contributed by atoms with Crippen LogP contribution in [0.1, 0.15) is 12.0 Å². The van der Waals surface area contributed by atoms with Crippen molar-refractivity contribution in [3.05, 3.63) is 54.7 Å². The minimum atomic E-state index is -2.61. The van der Waals surface area contributed by atoms with Gasteiger partial charge in [-0.05, 0) is 30.8 Å². The van der Waals surface area contributed by atoms with E-state index in [-0.39, 0.29) is 13.0 Å². The van der Waals surface area contributed by atoms with Crippen molar-refractivity contribution in [1.29, 1.82) is 0 Å². The standard InChI is InChI=1S/C28H29F2N9/c1-37-4-6-39(7-5-37)25-15-32-14-24-21(25)10-23(34-24)26-22-9-20(13-33-27(22)36-35-26)19-8-18(11-31-12-19)16-38-3-2-28(29,30)17-38/h8-15,34H,2-7,16-17H2,1H3,(H,33,35,36). The lowest BCUT2D eigenvalue weighted by Crippen LogP contribution is -2.44. The van der Waals surface area contributed by atoms with Crippen LogP contribution in [0.4, 0.5) is 14.5 Å². The second-order valence-corrected chi connectivity index (χ2v) is 10.7. The number of aromatic nitrogens is 6. The topological polar surface area (TPSA) is 92.9 Å². The molecule has 2 saturated heterocycles. The van der Waals surface area contributed by atoms with E-state index in [4.69, 9.17) is 0 Å². The van der Waals surface area contributed by atoms with Gasteiger partial charge >= 0.3 is 0 Å². The van der Waals surface area contributed by atoms with Gasteiger partial charge in [0.1, 0.15) is 5.69 Å². The van der Waals surface area contributed by atoms with Crippen LogP contribution in [0.2, 0.25) is 0 Å². The number of likely N-dealkylation sites (N-methyl/N-ethyl adjacent to an activating group) is 1. The summed E-state index contributed by atoms with van der Waals surface area (Å²) >= 11 is 0. The highest BCUT2D eigenvalue weighted by molar-refractivity contribution is 5.99. The van der Waals surface area contributed by atoms with E-state index in [1.165, 1.54) is 0 Å². The van der Waals surface area contributed by atoms with Crippen molar-refractivity contribution in [1.82, 2.24) is 39.9 Å². The molecule has 2 aliphatic heterocycles. The van der Waals surface area contributed by atoms with Crippen LogP contribution in [-0.2, 0) is 6.54 Å². The van der Waals surface area contributed by atoms with E-state index in [1.807, 2.05) is 18.5 Å². The van der Waals surface area contributed by atoms with Gasteiger partial charge in [0.15, 0.2) is 5.65 Å². The summed E-state index contributed by atoms with van der Waals surface area (Å²) in [7, 11) is 2.15. The molecule has 2 aliphatic rings. The molecule has 5 aromatic rings. The maximum Gasteiger partial charge on any atom is 0.261 e. The van der Waals surface area contributed by atoms with Crippen molar-refractivity contribution in [2.24, 2.45) is 0 Å². The van der Waals surface area contributed by atoms with E-state index in [0.717, 1.165) is 76.2 Å². The number of nitrogens with one attached hydrogen (secondary N) is 2. The van der Waals surface area contributed by atoms with E-state index >= 15 is 0 Å². The van der Waals surface area contributed by atoms with E-state index in [0.29, 0.717) is 18.7 Å². The molecule has 0 amide bonds. The van der Waals surface area contributed by atoms with Crippen LogP contribution < -0.4 is 4.90 Å². The smallest absolute Gasteiger partial charge is 0.261 e. The Morgan fingerprint density at radius 1 is 0.897 bits per heavy atom. The molecule has 0 radical (unpaired) electrons. The number of hydrogen-bond donors (Lipinski definition) is 2. The molecular formula is C28H29F2N9. The number of anilines is 1. The number of hydrogen-bond acceptors (Lipinski definition) is 7. The van der Waals surface area contributed by atoms with Crippen molar-refractivity contribution in [3.8, 4) is 22.5 Å². The molecule has 200 valence electrons. The summed E-state index contributed by atoms with van der Waals surface area (Å²) in [5.74, 6) is -2.61. The molecule has 2 N–H and O–H groups in total. The SMILES string of the molecule is CN1CCN(c2cncc3[nH]c(-c4n[nH]c5ncc(-c6cncc(CN7CCC(F)(F)C7)c6)cc45)cc23)CC1. The van der Waals surface area contributed by atoms with Gasteiger partial charge in [0.2, 0.25) is 0 Å². The Morgan fingerprint density at radius 2 is 1.72 bits per heavy atom. The first kappa shape index (κ1) is 24.1. The lowest BCUT2D eigenvalue weighted by molar-refractivity contribution is 0.0115. The predicted octanol–water partition coefficient (Wildman–Crippen LogP) is 4.16. The number of halogens is 2. The largest absolute Gasteiger partial charge is 0.367 e. The molecule has 0 aromatic carbocycles. The van der Waals surface area contributed by atoms with Crippen LogP contribution in [0.5, 0.6) is 0 Å².